The van der Waals surface area contributed by atoms with Gasteiger partial charge in [-0.15, -0.1) is 0 Å². The number of nitrogens with zero attached hydrogens (tertiary/aromatic N) is 3. The summed E-state index contributed by atoms with van der Waals surface area (Å²) >= 11 is 0. The molecule has 192 valence electrons. The van der Waals surface area contributed by atoms with Gasteiger partial charge in [-0.3, -0.25) is 14.9 Å². The van der Waals surface area contributed by atoms with Crippen LogP contribution < -0.4 is 5.32 Å². The van der Waals surface area contributed by atoms with Crippen molar-refractivity contribution in [1.82, 2.24) is 25.1 Å². The van der Waals surface area contributed by atoms with Crippen molar-refractivity contribution in [3.63, 3.8) is 0 Å². The number of rotatable bonds is 5. The SMILES string of the molecule is O=C(Nc1cccc(-c2ccc3[nH]nc(-c4cc5c(-c6ccc(F)cc6)cncc5[nH]4)c3n2)c1)c1ccccc1. The third kappa shape index (κ3) is 4.27. The van der Waals surface area contributed by atoms with Crippen LogP contribution in [0.4, 0.5) is 10.1 Å². The summed E-state index contributed by atoms with van der Waals surface area (Å²) in [6.45, 7) is 0. The topological polar surface area (TPSA) is 99.4 Å². The van der Waals surface area contributed by atoms with Gasteiger partial charge in [-0.25, -0.2) is 9.37 Å². The number of benzene rings is 3. The maximum atomic E-state index is 13.5. The molecule has 0 radical (unpaired) electrons. The lowest BCUT2D eigenvalue weighted by atomic mass is 10.0. The molecule has 0 spiro atoms. The van der Waals surface area contributed by atoms with Crippen LogP contribution in [0.25, 0.3) is 55.7 Å². The van der Waals surface area contributed by atoms with E-state index in [0.29, 0.717) is 22.5 Å². The van der Waals surface area contributed by atoms with E-state index in [9.17, 15) is 9.18 Å². The summed E-state index contributed by atoms with van der Waals surface area (Å²) in [7, 11) is 0. The predicted molar refractivity (Wildman–Crippen MR) is 154 cm³/mol. The smallest absolute Gasteiger partial charge is 0.255 e. The van der Waals surface area contributed by atoms with Gasteiger partial charge < -0.3 is 10.3 Å². The van der Waals surface area contributed by atoms with Gasteiger partial charge in [0.2, 0.25) is 0 Å². The van der Waals surface area contributed by atoms with Gasteiger partial charge in [-0.2, -0.15) is 5.10 Å². The van der Waals surface area contributed by atoms with E-state index in [4.69, 9.17) is 4.98 Å². The molecule has 0 saturated carbocycles. The molecule has 8 heteroatoms. The van der Waals surface area contributed by atoms with Crippen LogP contribution in [-0.4, -0.2) is 31.1 Å². The number of carbonyl (C=O) groups is 1. The highest BCUT2D eigenvalue weighted by Crippen LogP contribution is 2.34. The van der Waals surface area contributed by atoms with Gasteiger partial charge in [-0.1, -0.05) is 42.5 Å². The fourth-order valence-corrected chi connectivity index (χ4v) is 4.83. The van der Waals surface area contributed by atoms with E-state index >= 15 is 0 Å². The van der Waals surface area contributed by atoms with Crippen molar-refractivity contribution in [3.05, 3.63) is 121 Å². The average Bonchev–Trinajstić information content (AvgIpc) is 3.62. The van der Waals surface area contributed by atoms with E-state index in [-0.39, 0.29) is 11.7 Å². The number of amides is 1. The average molecular weight is 525 g/mol. The minimum absolute atomic E-state index is 0.174. The number of H-pyrrole nitrogens is 2. The molecule has 0 fully saturated rings. The summed E-state index contributed by atoms with van der Waals surface area (Å²) in [6, 6.07) is 28.9. The van der Waals surface area contributed by atoms with Crippen LogP contribution in [0.2, 0.25) is 0 Å². The lowest BCUT2D eigenvalue weighted by Gasteiger charge is -2.08. The van der Waals surface area contributed by atoms with Gasteiger partial charge in [0.15, 0.2) is 0 Å². The standard InChI is InChI=1S/C32H21FN6O/c33-22-11-9-19(10-12-22)25-17-34-18-29-24(25)16-28(36-29)31-30-27(38-39-31)14-13-26(37-30)21-7-4-8-23(15-21)35-32(40)20-5-2-1-3-6-20/h1-18,36H,(H,35,40)(H,38,39). The van der Waals surface area contributed by atoms with E-state index in [2.05, 4.69) is 25.5 Å². The number of nitrogens with one attached hydrogen (secondary N) is 3. The fourth-order valence-electron chi connectivity index (χ4n) is 4.83. The number of fused-ring (bicyclic) bond motifs is 2. The molecule has 0 bridgehead atoms. The van der Waals surface area contributed by atoms with E-state index in [1.165, 1.54) is 12.1 Å². The highest BCUT2D eigenvalue weighted by molar-refractivity contribution is 6.04. The number of hydrogen-bond donors (Lipinski definition) is 3. The molecule has 0 atom stereocenters. The number of hydrogen-bond acceptors (Lipinski definition) is 4. The lowest BCUT2D eigenvalue weighted by Crippen LogP contribution is -2.11. The Morgan fingerprint density at radius 3 is 2.50 bits per heavy atom. The highest BCUT2D eigenvalue weighted by atomic mass is 19.1. The first-order chi connectivity index (χ1) is 19.6. The summed E-state index contributed by atoms with van der Waals surface area (Å²) in [4.78, 5) is 25.4. The molecule has 4 heterocycles. The van der Waals surface area contributed by atoms with Crippen molar-refractivity contribution < 1.29 is 9.18 Å². The van der Waals surface area contributed by atoms with E-state index in [0.717, 1.165) is 44.5 Å². The minimum atomic E-state index is -0.285. The largest absolute Gasteiger partial charge is 0.352 e. The summed E-state index contributed by atoms with van der Waals surface area (Å²) in [5.74, 6) is -0.459. The second-order valence-corrected chi connectivity index (χ2v) is 9.40. The van der Waals surface area contributed by atoms with Crippen LogP contribution in [0.15, 0.2) is 109 Å². The Morgan fingerprint density at radius 1 is 0.800 bits per heavy atom. The lowest BCUT2D eigenvalue weighted by molar-refractivity contribution is 0.102. The molecule has 3 N–H and O–H groups in total. The van der Waals surface area contributed by atoms with Crippen LogP contribution in [0.5, 0.6) is 0 Å². The monoisotopic (exact) mass is 524 g/mol. The first-order valence-corrected chi connectivity index (χ1v) is 12.7. The Bertz CT molecular complexity index is 2010. The van der Waals surface area contributed by atoms with Crippen molar-refractivity contribution in [1.29, 1.82) is 0 Å². The third-order valence-corrected chi connectivity index (χ3v) is 6.82. The molecule has 7 nitrogen and oxygen atoms in total. The third-order valence-electron chi connectivity index (χ3n) is 6.82. The Balaban J connectivity index is 1.25. The van der Waals surface area contributed by atoms with Gasteiger partial charge in [-0.05, 0) is 60.2 Å². The maximum absolute atomic E-state index is 13.5. The van der Waals surface area contributed by atoms with Crippen molar-refractivity contribution in [2.45, 2.75) is 0 Å². The molecule has 0 aliphatic heterocycles. The minimum Gasteiger partial charge on any atom is -0.352 e. The van der Waals surface area contributed by atoms with Crippen molar-refractivity contribution >= 4 is 33.5 Å². The van der Waals surface area contributed by atoms with E-state index in [1.807, 2.05) is 60.7 Å². The Labute approximate surface area is 227 Å². The molecule has 0 saturated heterocycles. The fraction of sp³-hybridized carbons (Fsp3) is 0. The Morgan fingerprint density at radius 2 is 1.65 bits per heavy atom. The molecule has 0 unspecified atom stereocenters. The zero-order valence-electron chi connectivity index (χ0n) is 21.0. The molecule has 0 aliphatic carbocycles. The number of anilines is 1. The molecule has 3 aromatic carbocycles. The van der Waals surface area contributed by atoms with Gasteiger partial charge in [0.25, 0.3) is 5.91 Å². The Hall–Kier alpha value is -5.63. The Kier molecular flexibility index (Phi) is 5.63. The summed E-state index contributed by atoms with van der Waals surface area (Å²) in [5, 5.41) is 11.5. The highest BCUT2D eigenvalue weighted by Gasteiger charge is 2.16. The molecule has 7 aromatic rings. The molecule has 7 rings (SSSR count). The zero-order chi connectivity index (χ0) is 27.1. The van der Waals surface area contributed by atoms with Crippen molar-refractivity contribution in [3.8, 4) is 33.8 Å². The van der Waals surface area contributed by atoms with Gasteiger partial charge in [0.1, 0.15) is 17.0 Å². The summed E-state index contributed by atoms with van der Waals surface area (Å²) in [5.41, 5.74) is 8.43. The first kappa shape index (κ1) is 23.5. The molecule has 40 heavy (non-hydrogen) atoms. The summed E-state index contributed by atoms with van der Waals surface area (Å²) < 4.78 is 13.5. The molecule has 0 aliphatic rings. The maximum Gasteiger partial charge on any atom is 0.255 e. The second kappa shape index (κ2) is 9.59. The predicted octanol–water partition coefficient (Wildman–Crippen LogP) is 7.23. The quantitative estimate of drug-likeness (QED) is 0.221. The number of pyridine rings is 2. The normalized spacial score (nSPS) is 11.2. The zero-order valence-corrected chi connectivity index (χ0v) is 21.0. The molecular formula is C32H21FN6O. The van der Waals surface area contributed by atoms with Crippen LogP contribution in [0.1, 0.15) is 10.4 Å². The first-order valence-electron chi connectivity index (χ1n) is 12.7. The van der Waals surface area contributed by atoms with Crippen molar-refractivity contribution in [2.24, 2.45) is 0 Å². The molecule has 4 aromatic heterocycles. The number of aromatic nitrogens is 5. The van der Waals surface area contributed by atoms with E-state index in [1.54, 1.807) is 36.7 Å². The van der Waals surface area contributed by atoms with Gasteiger partial charge in [0, 0.05) is 34.0 Å². The molecule has 1 amide bonds. The van der Waals surface area contributed by atoms with Crippen LogP contribution in [0, 0.1) is 5.82 Å². The van der Waals surface area contributed by atoms with E-state index < -0.39 is 0 Å². The van der Waals surface area contributed by atoms with Crippen LogP contribution in [0.3, 0.4) is 0 Å². The number of aromatic amines is 2. The number of carbonyl (C=O) groups excluding carboxylic acids is 1. The van der Waals surface area contributed by atoms with Crippen LogP contribution >= 0.6 is 0 Å². The van der Waals surface area contributed by atoms with Gasteiger partial charge >= 0.3 is 0 Å². The molecular weight excluding hydrogens is 503 g/mol. The number of halogens is 1. The van der Waals surface area contributed by atoms with Crippen LogP contribution in [-0.2, 0) is 0 Å². The van der Waals surface area contributed by atoms with Crippen molar-refractivity contribution in [2.75, 3.05) is 5.32 Å². The summed E-state index contributed by atoms with van der Waals surface area (Å²) in [6.07, 6.45) is 3.53. The second-order valence-electron chi connectivity index (χ2n) is 9.40. The van der Waals surface area contributed by atoms with Gasteiger partial charge in [0.05, 0.1) is 28.6 Å².